The Morgan fingerprint density at radius 1 is 1.50 bits per heavy atom. The first-order chi connectivity index (χ1) is 6.52. The second-order valence-corrected chi connectivity index (χ2v) is 3.53. The van der Waals surface area contributed by atoms with Gasteiger partial charge in [0.2, 0.25) is 0 Å². The molecule has 84 valence electrons. The maximum atomic E-state index is 11.1. The molecule has 0 saturated carbocycles. The van der Waals surface area contributed by atoms with E-state index in [0.29, 0.717) is 0 Å². The van der Waals surface area contributed by atoms with Gasteiger partial charge in [0.1, 0.15) is 0 Å². The lowest BCUT2D eigenvalue weighted by atomic mass is 10.1. The van der Waals surface area contributed by atoms with Crippen LogP contribution < -0.4 is 0 Å². The molecule has 0 aliphatic rings. The van der Waals surface area contributed by atoms with E-state index in [9.17, 15) is 9.90 Å². The number of rotatable bonds is 6. The number of aliphatic hydroxyl groups is 1. The van der Waals surface area contributed by atoms with E-state index in [2.05, 4.69) is 4.74 Å². The first-order valence-electron chi connectivity index (χ1n) is 5.01. The summed E-state index contributed by atoms with van der Waals surface area (Å²) < 4.78 is 4.59. The average Bonchev–Trinajstić information content (AvgIpc) is 2.15. The van der Waals surface area contributed by atoms with Gasteiger partial charge in [0, 0.05) is 6.04 Å². The first-order valence-corrected chi connectivity index (χ1v) is 5.01. The Bertz CT molecular complexity index is 171. The van der Waals surface area contributed by atoms with E-state index in [1.54, 1.807) is 6.92 Å². The van der Waals surface area contributed by atoms with E-state index < -0.39 is 6.10 Å². The van der Waals surface area contributed by atoms with Crippen molar-refractivity contribution in [3.8, 4) is 0 Å². The summed E-state index contributed by atoms with van der Waals surface area (Å²) in [6.45, 7) is 6.71. The van der Waals surface area contributed by atoms with Crippen LogP contribution in [-0.2, 0) is 9.53 Å². The molecule has 0 fully saturated rings. The molecule has 0 spiro atoms. The van der Waals surface area contributed by atoms with Crippen LogP contribution in [0.4, 0.5) is 0 Å². The van der Waals surface area contributed by atoms with Crippen molar-refractivity contribution in [2.24, 2.45) is 0 Å². The van der Waals surface area contributed by atoms with E-state index in [1.807, 2.05) is 18.7 Å². The molecule has 4 nitrogen and oxygen atoms in total. The minimum atomic E-state index is -0.439. The normalized spacial score (nSPS) is 15.3. The molecule has 2 atom stereocenters. The molecule has 0 saturated heterocycles. The van der Waals surface area contributed by atoms with Crippen LogP contribution in [0, 0.1) is 0 Å². The summed E-state index contributed by atoms with van der Waals surface area (Å²) in [4.78, 5) is 13.0. The highest BCUT2D eigenvalue weighted by Gasteiger charge is 2.20. The summed E-state index contributed by atoms with van der Waals surface area (Å²) in [6.07, 6.45) is 0.514. The van der Waals surface area contributed by atoms with Gasteiger partial charge in [0.05, 0.1) is 19.8 Å². The van der Waals surface area contributed by atoms with Crippen LogP contribution in [0.5, 0.6) is 0 Å². The predicted octanol–water partition coefficient (Wildman–Crippen LogP) is 0.641. The van der Waals surface area contributed by atoms with Gasteiger partial charge in [-0.15, -0.1) is 0 Å². The predicted molar refractivity (Wildman–Crippen MR) is 55.0 cm³/mol. The molecule has 1 N–H and O–H groups in total. The van der Waals surface area contributed by atoms with E-state index in [-0.39, 0.29) is 18.6 Å². The third-order valence-electron chi connectivity index (χ3n) is 2.34. The molecule has 0 aromatic heterocycles. The Morgan fingerprint density at radius 3 is 2.43 bits per heavy atom. The molecule has 14 heavy (non-hydrogen) atoms. The van der Waals surface area contributed by atoms with Gasteiger partial charge in [-0.05, 0) is 26.8 Å². The van der Waals surface area contributed by atoms with Crippen LogP contribution in [0.15, 0.2) is 0 Å². The number of aliphatic hydroxyl groups excluding tert-OH is 1. The number of carbonyl (C=O) groups excluding carboxylic acids is 1. The molecule has 0 aromatic rings. The van der Waals surface area contributed by atoms with Crippen molar-refractivity contribution < 1.29 is 14.6 Å². The van der Waals surface area contributed by atoms with E-state index in [1.165, 1.54) is 7.11 Å². The van der Waals surface area contributed by atoms with Gasteiger partial charge in [0.15, 0.2) is 0 Å². The molecule has 0 heterocycles. The monoisotopic (exact) mass is 203 g/mol. The number of esters is 1. The quantitative estimate of drug-likeness (QED) is 0.644. The summed E-state index contributed by atoms with van der Waals surface area (Å²) in [5.74, 6) is -0.258. The number of carbonyl (C=O) groups is 1. The second kappa shape index (κ2) is 6.79. The lowest BCUT2D eigenvalue weighted by Gasteiger charge is -2.29. The number of nitrogens with zero attached hydrogens (tertiary/aromatic N) is 1. The zero-order valence-electron chi connectivity index (χ0n) is 9.49. The summed E-state index contributed by atoms with van der Waals surface area (Å²) in [5, 5.41) is 9.41. The number of hydrogen-bond donors (Lipinski definition) is 1. The number of hydrogen-bond acceptors (Lipinski definition) is 4. The summed E-state index contributed by atoms with van der Waals surface area (Å²) in [5.41, 5.74) is 0. The Balaban J connectivity index is 4.20. The maximum Gasteiger partial charge on any atom is 0.319 e. The number of methoxy groups -OCH3 is 1. The van der Waals surface area contributed by atoms with Crippen molar-refractivity contribution in [3.05, 3.63) is 0 Å². The lowest BCUT2D eigenvalue weighted by molar-refractivity contribution is -0.143. The third-order valence-corrected chi connectivity index (χ3v) is 2.34. The van der Waals surface area contributed by atoms with Crippen molar-refractivity contribution in [3.63, 3.8) is 0 Å². The van der Waals surface area contributed by atoms with Crippen molar-refractivity contribution in [1.29, 1.82) is 0 Å². The van der Waals surface area contributed by atoms with E-state index in [4.69, 9.17) is 0 Å². The molecule has 0 aliphatic heterocycles. The molecule has 0 bridgehead atoms. The van der Waals surface area contributed by atoms with Crippen LogP contribution in [0.3, 0.4) is 0 Å². The van der Waals surface area contributed by atoms with Gasteiger partial charge in [-0.1, -0.05) is 6.92 Å². The summed E-state index contributed by atoms with van der Waals surface area (Å²) in [6, 6.07) is -0.0194. The van der Waals surface area contributed by atoms with E-state index >= 15 is 0 Å². The molecule has 0 aromatic carbocycles. The Labute approximate surface area is 85.9 Å². The molecule has 0 rings (SSSR count). The minimum absolute atomic E-state index is 0.0194. The lowest BCUT2D eigenvalue weighted by Crippen LogP contribution is -2.43. The Kier molecular flexibility index (Phi) is 6.49. The fourth-order valence-electron chi connectivity index (χ4n) is 1.25. The number of ether oxygens (including phenoxy) is 1. The zero-order chi connectivity index (χ0) is 11.1. The first kappa shape index (κ1) is 13.4. The largest absolute Gasteiger partial charge is 0.468 e. The molecule has 0 radical (unpaired) electrons. The standard InChI is InChI=1S/C10H21NO3/c1-5-6-11(7-10(13)14-4)8(2)9(3)12/h8-9,12H,5-7H2,1-4H3. The van der Waals surface area contributed by atoms with Crippen molar-refractivity contribution in [1.82, 2.24) is 4.90 Å². The highest BCUT2D eigenvalue weighted by molar-refractivity contribution is 5.71. The van der Waals surface area contributed by atoms with Gasteiger partial charge < -0.3 is 9.84 Å². The van der Waals surface area contributed by atoms with Crippen LogP contribution in [0.1, 0.15) is 27.2 Å². The van der Waals surface area contributed by atoms with Crippen LogP contribution in [-0.4, -0.2) is 48.3 Å². The van der Waals surface area contributed by atoms with Crippen molar-refractivity contribution in [2.75, 3.05) is 20.2 Å². The van der Waals surface area contributed by atoms with Crippen LogP contribution in [0.25, 0.3) is 0 Å². The smallest absolute Gasteiger partial charge is 0.319 e. The van der Waals surface area contributed by atoms with Crippen molar-refractivity contribution >= 4 is 5.97 Å². The summed E-state index contributed by atoms with van der Waals surface area (Å²) in [7, 11) is 1.37. The molecular weight excluding hydrogens is 182 g/mol. The van der Waals surface area contributed by atoms with E-state index in [0.717, 1.165) is 13.0 Å². The maximum absolute atomic E-state index is 11.1. The average molecular weight is 203 g/mol. The Morgan fingerprint density at radius 2 is 2.07 bits per heavy atom. The fraction of sp³-hybridized carbons (Fsp3) is 0.900. The third kappa shape index (κ3) is 4.58. The SMILES string of the molecule is CCCN(CC(=O)OC)C(C)C(C)O. The highest BCUT2D eigenvalue weighted by atomic mass is 16.5. The van der Waals surface area contributed by atoms with Gasteiger partial charge in [-0.3, -0.25) is 9.69 Å². The molecule has 2 unspecified atom stereocenters. The molecule has 4 heteroatoms. The highest BCUT2D eigenvalue weighted by Crippen LogP contribution is 2.05. The summed E-state index contributed by atoms with van der Waals surface area (Å²) >= 11 is 0. The van der Waals surface area contributed by atoms with Gasteiger partial charge >= 0.3 is 5.97 Å². The zero-order valence-corrected chi connectivity index (χ0v) is 9.49. The van der Waals surface area contributed by atoms with Gasteiger partial charge in [-0.2, -0.15) is 0 Å². The van der Waals surface area contributed by atoms with Crippen LogP contribution in [0.2, 0.25) is 0 Å². The molecular formula is C10H21NO3. The fourth-order valence-corrected chi connectivity index (χ4v) is 1.25. The Hall–Kier alpha value is -0.610. The van der Waals surface area contributed by atoms with Crippen molar-refractivity contribution in [2.45, 2.75) is 39.3 Å². The second-order valence-electron chi connectivity index (χ2n) is 3.53. The van der Waals surface area contributed by atoms with Gasteiger partial charge in [0.25, 0.3) is 0 Å². The topological polar surface area (TPSA) is 49.8 Å². The minimum Gasteiger partial charge on any atom is -0.468 e. The van der Waals surface area contributed by atoms with Gasteiger partial charge in [-0.25, -0.2) is 0 Å². The molecule has 0 aliphatic carbocycles. The van der Waals surface area contributed by atoms with Crippen LogP contribution >= 0.6 is 0 Å². The molecule has 0 amide bonds.